The van der Waals surface area contributed by atoms with Gasteiger partial charge in [0.2, 0.25) is 5.95 Å². The predicted molar refractivity (Wildman–Crippen MR) is 121 cm³/mol. The van der Waals surface area contributed by atoms with Crippen LogP contribution in [0.5, 0.6) is 0 Å². The van der Waals surface area contributed by atoms with Crippen molar-refractivity contribution >= 4 is 22.6 Å². The van der Waals surface area contributed by atoms with Crippen LogP contribution in [-0.2, 0) is 0 Å². The number of aromatic nitrogens is 6. The van der Waals surface area contributed by atoms with Crippen LogP contribution < -0.4 is 11.1 Å². The Labute approximate surface area is 189 Å². The summed E-state index contributed by atoms with van der Waals surface area (Å²) in [5.41, 5.74) is 10.0. The first-order valence-electron chi connectivity index (χ1n) is 11.5. The summed E-state index contributed by atoms with van der Waals surface area (Å²) in [5.74, 6) is -1.29. The van der Waals surface area contributed by atoms with E-state index in [1.165, 1.54) is 0 Å². The standard InChI is InChI=1S/C23H26F2N8/c1-13-29-21-19(33(13)17-9-23(24,25)10-17)8-14(11-27-21)18-6-7-32-20(18)12-28-22(31-32)30-16-4-2-15(26)3-5-16/h6-8,11-12,15-17H,2-5,9-10,26H2,1H3,(H,30,31)/t15-,16+. The summed E-state index contributed by atoms with van der Waals surface area (Å²) < 4.78 is 30.7. The van der Waals surface area contributed by atoms with Crippen LogP contribution in [0.2, 0.25) is 0 Å². The average Bonchev–Trinajstić information content (AvgIpc) is 3.32. The van der Waals surface area contributed by atoms with Crippen molar-refractivity contribution in [3.05, 3.63) is 36.5 Å². The van der Waals surface area contributed by atoms with Crippen LogP contribution in [0.4, 0.5) is 14.7 Å². The van der Waals surface area contributed by atoms with Gasteiger partial charge in [-0.2, -0.15) is 0 Å². The Morgan fingerprint density at radius 3 is 2.64 bits per heavy atom. The van der Waals surface area contributed by atoms with Crippen molar-refractivity contribution in [2.75, 3.05) is 5.32 Å². The molecule has 0 radical (unpaired) electrons. The largest absolute Gasteiger partial charge is 0.350 e. The summed E-state index contributed by atoms with van der Waals surface area (Å²) in [6, 6.07) is 4.34. The molecule has 0 atom stereocenters. The summed E-state index contributed by atoms with van der Waals surface area (Å²) in [4.78, 5) is 13.5. The molecule has 6 rings (SSSR count). The number of fused-ring (bicyclic) bond motifs is 2. The van der Waals surface area contributed by atoms with Gasteiger partial charge in [-0.25, -0.2) is 28.2 Å². The van der Waals surface area contributed by atoms with Gasteiger partial charge in [0.1, 0.15) is 5.82 Å². The van der Waals surface area contributed by atoms with Crippen molar-refractivity contribution < 1.29 is 8.78 Å². The number of imidazole rings is 1. The minimum Gasteiger partial charge on any atom is -0.350 e. The lowest BCUT2D eigenvalue weighted by Crippen LogP contribution is -2.37. The summed E-state index contributed by atoms with van der Waals surface area (Å²) in [5, 5.41) is 8.05. The van der Waals surface area contributed by atoms with Gasteiger partial charge in [-0.3, -0.25) is 0 Å². The third-order valence-corrected chi connectivity index (χ3v) is 6.99. The maximum absolute atomic E-state index is 13.5. The minimum absolute atomic E-state index is 0.158. The van der Waals surface area contributed by atoms with Crippen LogP contribution in [0, 0.1) is 6.92 Å². The molecule has 33 heavy (non-hydrogen) atoms. The number of rotatable bonds is 4. The maximum atomic E-state index is 13.5. The molecule has 0 spiro atoms. The fourth-order valence-corrected chi connectivity index (χ4v) is 5.17. The summed E-state index contributed by atoms with van der Waals surface area (Å²) >= 11 is 0. The number of nitrogens with zero attached hydrogens (tertiary/aromatic N) is 6. The highest BCUT2D eigenvalue weighted by Gasteiger charge is 2.47. The van der Waals surface area contributed by atoms with Gasteiger partial charge in [-0.15, -0.1) is 5.10 Å². The summed E-state index contributed by atoms with van der Waals surface area (Å²) in [6.45, 7) is 1.84. The van der Waals surface area contributed by atoms with E-state index in [-0.39, 0.29) is 18.9 Å². The molecule has 2 saturated carbocycles. The number of hydrogen-bond donors (Lipinski definition) is 2. The molecule has 4 aromatic rings. The number of hydrogen-bond acceptors (Lipinski definition) is 6. The lowest BCUT2D eigenvalue weighted by Gasteiger charge is -2.36. The molecule has 0 aliphatic heterocycles. The van der Waals surface area contributed by atoms with Crippen molar-refractivity contribution in [1.82, 2.24) is 29.1 Å². The quantitative estimate of drug-likeness (QED) is 0.484. The zero-order valence-corrected chi connectivity index (χ0v) is 18.4. The van der Waals surface area contributed by atoms with Gasteiger partial charge in [-0.1, -0.05) is 0 Å². The number of pyridine rings is 1. The predicted octanol–water partition coefficient (Wildman–Crippen LogP) is 4.10. The van der Waals surface area contributed by atoms with Crippen molar-refractivity contribution in [1.29, 1.82) is 0 Å². The van der Waals surface area contributed by atoms with E-state index in [9.17, 15) is 8.78 Å². The van der Waals surface area contributed by atoms with Crippen LogP contribution >= 0.6 is 0 Å². The van der Waals surface area contributed by atoms with E-state index in [2.05, 4.69) is 25.4 Å². The first-order valence-corrected chi connectivity index (χ1v) is 11.5. The van der Waals surface area contributed by atoms with E-state index in [0.717, 1.165) is 47.8 Å². The highest BCUT2D eigenvalue weighted by atomic mass is 19.3. The summed E-state index contributed by atoms with van der Waals surface area (Å²) in [7, 11) is 0. The third kappa shape index (κ3) is 3.62. The van der Waals surface area contributed by atoms with Crippen molar-refractivity contribution in [3.63, 3.8) is 0 Å². The van der Waals surface area contributed by atoms with Crippen LogP contribution in [0.1, 0.15) is 50.4 Å². The van der Waals surface area contributed by atoms with Crippen molar-refractivity contribution in [2.24, 2.45) is 5.73 Å². The smallest absolute Gasteiger partial charge is 0.252 e. The number of nitrogens with two attached hydrogens (primary N) is 1. The molecule has 0 bridgehead atoms. The van der Waals surface area contributed by atoms with E-state index in [4.69, 9.17) is 5.73 Å². The third-order valence-electron chi connectivity index (χ3n) is 6.99. The zero-order valence-electron chi connectivity index (χ0n) is 18.4. The first kappa shape index (κ1) is 20.5. The molecule has 0 amide bonds. The second-order valence-electron chi connectivity index (χ2n) is 9.41. The van der Waals surface area contributed by atoms with Gasteiger partial charge in [-0.05, 0) is 44.7 Å². The fourth-order valence-electron chi connectivity index (χ4n) is 5.17. The SMILES string of the molecule is Cc1nc2ncc(-c3ccn4nc(N[C@H]5CC[C@@H](N)CC5)ncc34)cc2n1C1CC(F)(F)C1. The van der Waals surface area contributed by atoms with Crippen LogP contribution in [0.3, 0.4) is 0 Å². The average molecular weight is 453 g/mol. The molecule has 10 heteroatoms. The van der Waals surface area contributed by atoms with Gasteiger partial charge in [0.05, 0.1) is 17.2 Å². The Kier molecular flexibility index (Phi) is 4.62. The van der Waals surface area contributed by atoms with Crippen LogP contribution in [0.15, 0.2) is 30.7 Å². The Hall–Kier alpha value is -3.14. The topological polar surface area (TPSA) is 98.9 Å². The van der Waals surface area contributed by atoms with E-state index >= 15 is 0 Å². The maximum Gasteiger partial charge on any atom is 0.252 e. The monoisotopic (exact) mass is 452 g/mol. The Balaban J connectivity index is 1.31. The fraction of sp³-hybridized carbons (Fsp3) is 0.478. The molecule has 2 fully saturated rings. The molecule has 8 nitrogen and oxygen atoms in total. The van der Waals surface area contributed by atoms with Gasteiger partial charge < -0.3 is 15.6 Å². The van der Waals surface area contributed by atoms with Gasteiger partial charge in [0, 0.05) is 54.5 Å². The minimum atomic E-state index is -2.59. The molecule has 2 aliphatic carbocycles. The molecule has 172 valence electrons. The number of nitrogens with one attached hydrogen (secondary N) is 1. The van der Waals surface area contributed by atoms with E-state index in [1.807, 2.05) is 29.8 Å². The number of halogens is 2. The molecule has 3 N–H and O–H groups in total. The molecule has 2 aliphatic rings. The second-order valence-corrected chi connectivity index (χ2v) is 9.41. The highest BCUT2D eigenvalue weighted by molar-refractivity contribution is 5.85. The molecule has 0 aromatic carbocycles. The number of aryl methyl sites for hydroxylation is 1. The van der Waals surface area contributed by atoms with Gasteiger partial charge in [0.25, 0.3) is 5.92 Å². The Morgan fingerprint density at radius 1 is 1.09 bits per heavy atom. The molecular formula is C23H26F2N8. The molecule has 0 saturated heterocycles. The molecule has 0 unspecified atom stereocenters. The molecular weight excluding hydrogens is 426 g/mol. The van der Waals surface area contributed by atoms with Crippen LogP contribution in [-0.4, -0.2) is 47.1 Å². The lowest BCUT2D eigenvalue weighted by atomic mass is 9.87. The highest BCUT2D eigenvalue weighted by Crippen LogP contribution is 2.47. The van der Waals surface area contributed by atoms with Crippen molar-refractivity contribution in [2.45, 2.75) is 69.5 Å². The Morgan fingerprint density at radius 2 is 1.88 bits per heavy atom. The van der Waals surface area contributed by atoms with E-state index in [1.54, 1.807) is 16.9 Å². The number of anilines is 1. The number of alkyl halides is 2. The van der Waals surface area contributed by atoms with Crippen LogP contribution in [0.25, 0.3) is 27.8 Å². The van der Waals surface area contributed by atoms with E-state index < -0.39 is 5.92 Å². The molecule has 4 heterocycles. The van der Waals surface area contributed by atoms with Gasteiger partial charge in [0.15, 0.2) is 5.65 Å². The summed E-state index contributed by atoms with van der Waals surface area (Å²) in [6.07, 6.45) is 9.21. The van der Waals surface area contributed by atoms with Gasteiger partial charge >= 0.3 is 0 Å². The lowest BCUT2D eigenvalue weighted by molar-refractivity contribution is -0.103. The van der Waals surface area contributed by atoms with Crippen molar-refractivity contribution in [3.8, 4) is 11.1 Å². The van der Waals surface area contributed by atoms with E-state index in [0.29, 0.717) is 29.5 Å². The Bertz CT molecular complexity index is 1330. The first-order chi connectivity index (χ1) is 15.9. The molecule has 4 aromatic heterocycles. The zero-order chi connectivity index (χ0) is 22.7. The normalized spacial score (nSPS) is 23.2. The second kappa shape index (κ2) is 7.44.